The molecular weight excluding hydrogens is 660 g/mol. The summed E-state index contributed by atoms with van der Waals surface area (Å²) in [5, 5.41) is 2.64. The minimum Gasteiger partial charge on any atom is -0.497 e. The first kappa shape index (κ1) is 37.1. The Morgan fingerprint density at radius 3 is 2.29 bits per heavy atom. The van der Waals surface area contributed by atoms with Crippen LogP contribution >= 0.6 is 11.6 Å². The molecule has 0 spiro atoms. The number of allylic oxidation sites excluding steroid dienone is 4. The van der Waals surface area contributed by atoms with Crippen LogP contribution in [0.1, 0.15) is 73.1 Å². The third-order valence-corrected chi connectivity index (χ3v) is 9.30. The summed E-state index contributed by atoms with van der Waals surface area (Å²) in [6, 6.07) is 23.6. The number of hydrogen-bond donors (Lipinski definition) is 0. The zero-order valence-electron chi connectivity index (χ0n) is 30.0. The maximum Gasteiger partial charge on any atom is 0.337 e. The standard InChI is InChI=1S/C43H45ClN2O5/c1-6-8-9-10-11-12-38-37-23-17-33(43(48)51-5)27-40(37)46(28-41(47)50-4)42(38)32-18-24-39-31(25-32)15-21-35(45-39)26-30(16-22-36(7-2)49-3)29-13-19-34(44)20-14-29/h7,13-27H,6,8-12,28H2,1-5H3/b22-16-,30-26-,36-7+. The number of benzene rings is 3. The van der Waals surface area contributed by atoms with E-state index in [1.54, 1.807) is 13.2 Å². The predicted octanol–water partition coefficient (Wildman–Crippen LogP) is 10.6. The van der Waals surface area contributed by atoms with Crippen LogP contribution in [0.2, 0.25) is 5.02 Å². The fourth-order valence-corrected chi connectivity index (χ4v) is 6.49. The highest BCUT2D eigenvalue weighted by Gasteiger charge is 2.22. The second kappa shape index (κ2) is 17.7. The quantitative estimate of drug-likeness (QED) is 0.0467. The van der Waals surface area contributed by atoms with Crippen molar-refractivity contribution in [2.45, 2.75) is 58.9 Å². The highest BCUT2D eigenvalue weighted by Crippen LogP contribution is 2.37. The van der Waals surface area contributed by atoms with E-state index in [1.807, 2.05) is 84.3 Å². The van der Waals surface area contributed by atoms with E-state index < -0.39 is 5.97 Å². The second-order valence-corrected chi connectivity index (χ2v) is 12.8. The van der Waals surface area contributed by atoms with E-state index in [2.05, 4.69) is 25.1 Å². The Labute approximate surface area is 305 Å². The van der Waals surface area contributed by atoms with Gasteiger partial charge in [-0.15, -0.1) is 0 Å². The van der Waals surface area contributed by atoms with Crippen LogP contribution in [0.5, 0.6) is 0 Å². The summed E-state index contributed by atoms with van der Waals surface area (Å²) in [5.74, 6) is -0.0504. The average Bonchev–Trinajstić information content (AvgIpc) is 3.45. The molecule has 7 nitrogen and oxygen atoms in total. The molecule has 0 saturated heterocycles. The molecule has 0 radical (unpaired) electrons. The van der Waals surface area contributed by atoms with Crippen LogP contribution in [0.15, 0.2) is 96.8 Å². The molecule has 0 saturated carbocycles. The van der Waals surface area contributed by atoms with Crippen LogP contribution in [0.4, 0.5) is 0 Å². The van der Waals surface area contributed by atoms with Crippen LogP contribution in [-0.2, 0) is 32.0 Å². The molecule has 0 N–H and O–H groups in total. The van der Waals surface area contributed by atoms with Crippen molar-refractivity contribution < 1.29 is 23.8 Å². The number of halogens is 1. The van der Waals surface area contributed by atoms with Gasteiger partial charge in [0.1, 0.15) is 12.3 Å². The van der Waals surface area contributed by atoms with Gasteiger partial charge in [-0.2, -0.15) is 0 Å². The van der Waals surface area contributed by atoms with Gasteiger partial charge < -0.3 is 18.8 Å². The Balaban J connectivity index is 1.62. The maximum absolute atomic E-state index is 12.8. The van der Waals surface area contributed by atoms with Gasteiger partial charge in [-0.25, -0.2) is 9.78 Å². The molecule has 0 atom stereocenters. The van der Waals surface area contributed by atoms with Gasteiger partial charge in [0.25, 0.3) is 0 Å². The van der Waals surface area contributed by atoms with E-state index in [-0.39, 0.29) is 12.5 Å². The van der Waals surface area contributed by atoms with Crippen molar-refractivity contribution in [1.82, 2.24) is 9.55 Å². The van der Waals surface area contributed by atoms with Crippen molar-refractivity contribution in [2.75, 3.05) is 21.3 Å². The molecule has 0 bridgehead atoms. The van der Waals surface area contributed by atoms with Crippen molar-refractivity contribution in [1.29, 1.82) is 0 Å². The SMILES string of the molecule is C\C=C(/C=C\C(=C\c1ccc2cc(-c3c(CCCCCCC)c4ccc(C(=O)OC)cc4n3CC(=O)OC)ccc2n1)c1ccc(Cl)cc1)OC. The molecule has 0 aliphatic rings. The predicted molar refractivity (Wildman–Crippen MR) is 208 cm³/mol. The fourth-order valence-electron chi connectivity index (χ4n) is 6.36. The smallest absolute Gasteiger partial charge is 0.337 e. The Bertz CT molecular complexity index is 2110. The maximum atomic E-state index is 12.8. The number of carbonyl (C=O) groups excluding carboxylic acids is 2. The molecule has 264 valence electrons. The number of hydrogen-bond acceptors (Lipinski definition) is 6. The zero-order chi connectivity index (χ0) is 36.3. The lowest BCUT2D eigenvalue weighted by Crippen LogP contribution is -2.13. The summed E-state index contributed by atoms with van der Waals surface area (Å²) < 4.78 is 17.6. The minimum absolute atomic E-state index is 0.00180. The van der Waals surface area contributed by atoms with Gasteiger partial charge in [0.15, 0.2) is 0 Å². The van der Waals surface area contributed by atoms with Crippen LogP contribution < -0.4 is 0 Å². The summed E-state index contributed by atoms with van der Waals surface area (Å²) in [5.41, 5.74) is 7.84. The van der Waals surface area contributed by atoms with Gasteiger partial charge in [-0.1, -0.05) is 80.6 Å². The molecule has 5 rings (SSSR count). The fraction of sp³-hybridized carbons (Fsp3) is 0.279. The number of nitrogens with zero attached hydrogens (tertiary/aromatic N) is 2. The number of rotatable bonds is 15. The molecule has 0 amide bonds. The first-order chi connectivity index (χ1) is 24.8. The van der Waals surface area contributed by atoms with Crippen molar-refractivity contribution >= 4 is 57.0 Å². The first-order valence-electron chi connectivity index (χ1n) is 17.4. The molecule has 0 unspecified atom stereocenters. The van der Waals surface area contributed by atoms with Gasteiger partial charge in [0.2, 0.25) is 0 Å². The Morgan fingerprint density at radius 1 is 0.824 bits per heavy atom. The average molecular weight is 705 g/mol. The van der Waals surface area contributed by atoms with Gasteiger partial charge in [0.05, 0.1) is 49.3 Å². The molecule has 0 aliphatic heterocycles. The van der Waals surface area contributed by atoms with E-state index >= 15 is 0 Å². The summed E-state index contributed by atoms with van der Waals surface area (Å²) in [7, 11) is 4.41. The van der Waals surface area contributed by atoms with E-state index in [0.29, 0.717) is 10.6 Å². The Kier molecular flexibility index (Phi) is 12.9. The molecule has 2 heterocycles. The number of aryl methyl sites for hydroxylation is 1. The largest absolute Gasteiger partial charge is 0.497 e. The number of esters is 2. The van der Waals surface area contributed by atoms with Gasteiger partial charge >= 0.3 is 11.9 Å². The van der Waals surface area contributed by atoms with Gasteiger partial charge in [-0.05, 0) is 103 Å². The second-order valence-electron chi connectivity index (χ2n) is 12.4. The number of ether oxygens (including phenoxy) is 3. The number of fused-ring (bicyclic) bond motifs is 2. The van der Waals surface area contributed by atoms with Crippen molar-refractivity contribution in [3.8, 4) is 11.3 Å². The number of unbranched alkanes of at least 4 members (excludes halogenated alkanes) is 4. The number of aromatic nitrogens is 2. The Morgan fingerprint density at radius 2 is 1.59 bits per heavy atom. The van der Waals surface area contributed by atoms with Gasteiger partial charge in [-0.3, -0.25) is 4.79 Å². The van der Waals surface area contributed by atoms with E-state index in [4.69, 9.17) is 30.8 Å². The van der Waals surface area contributed by atoms with E-state index in [9.17, 15) is 9.59 Å². The van der Waals surface area contributed by atoms with Crippen molar-refractivity contribution in [3.05, 3.63) is 124 Å². The molecule has 51 heavy (non-hydrogen) atoms. The lowest BCUT2D eigenvalue weighted by Gasteiger charge is -2.13. The number of pyridine rings is 1. The lowest BCUT2D eigenvalue weighted by atomic mass is 9.97. The third kappa shape index (κ3) is 8.97. The minimum atomic E-state index is -0.428. The van der Waals surface area contributed by atoms with E-state index in [1.165, 1.54) is 33.5 Å². The molecular formula is C43H45ClN2O5. The highest BCUT2D eigenvalue weighted by molar-refractivity contribution is 6.30. The summed E-state index contributed by atoms with van der Waals surface area (Å²) in [4.78, 5) is 30.4. The van der Waals surface area contributed by atoms with Crippen LogP contribution in [-0.4, -0.2) is 42.8 Å². The molecule has 5 aromatic rings. The first-order valence-corrected chi connectivity index (χ1v) is 17.7. The van der Waals surface area contributed by atoms with Crippen LogP contribution in [0.25, 0.3) is 44.7 Å². The monoisotopic (exact) mass is 704 g/mol. The zero-order valence-corrected chi connectivity index (χ0v) is 30.8. The van der Waals surface area contributed by atoms with Crippen molar-refractivity contribution in [2.24, 2.45) is 0 Å². The van der Waals surface area contributed by atoms with Crippen LogP contribution in [0, 0.1) is 0 Å². The number of methoxy groups -OCH3 is 3. The molecule has 3 aromatic carbocycles. The molecule has 2 aromatic heterocycles. The topological polar surface area (TPSA) is 79.7 Å². The summed E-state index contributed by atoms with van der Waals surface area (Å²) >= 11 is 6.19. The normalized spacial score (nSPS) is 12.2. The Hall–Kier alpha value is -5.14. The van der Waals surface area contributed by atoms with E-state index in [0.717, 1.165) is 80.5 Å². The number of carbonyl (C=O) groups is 2. The summed E-state index contributed by atoms with van der Waals surface area (Å²) in [6.45, 7) is 4.14. The summed E-state index contributed by atoms with van der Waals surface area (Å²) in [6.07, 6.45) is 14.4. The molecule has 0 fully saturated rings. The third-order valence-electron chi connectivity index (χ3n) is 9.05. The highest BCUT2D eigenvalue weighted by atomic mass is 35.5. The van der Waals surface area contributed by atoms with Crippen molar-refractivity contribution in [3.63, 3.8) is 0 Å². The van der Waals surface area contributed by atoms with Gasteiger partial charge in [0, 0.05) is 15.8 Å². The van der Waals surface area contributed by atoms with Crippen LogP contribution in [0.3, 0.4) is 0 Å². The molecule has 0 aliphatic carbocycles. The molecule has 8 heteroatoms. The lowest BCUT2D eigenvalue weighted by molar-refractivity contribution is -0.141.